The van der Waals surface area contributed by atoms with Crippen LogP contribution >= 0.6 is 0 Å². The maximum atomic E-state index is 12.8. The number of amides is 1. The smallest absolute Gasteiger partial charge is 0.253 e. The van der Waals surface area contributed by atoms with Gasteiger partial charge in [-0.3, -0.25) is 9.69 Å². The van der Waals surface area contributed by atoms with E-state index in [4.69, 9.17) is 0 Å². The average molecular weight is 430 g/mol. The molecule has 1 amide bonds. The molecule has 2 aromatic rings. The average Bonchev–Trinajstić information content (AvgIpc) is 2.78. The fourth-order valence-electron chi connectivity index (χ4n) is 3.48. The van der Waals surface area contributed by atoms with Gasteiger partial charge >= 0.3 is 0 Å². The largest absolute Gasteiger partial charge is 0.336 e. The van der Waals surface area contributed by atoms with Crippen LogP contribution in [0.15, 0.2) is 59.5 Å². The molecule has 1 aliphatic rings. The second-order valence-corrected chi connectivity index (χ2v) is 9.54. The third-order valence-electron chi connectivity index (χ3n) is 5.60. The molecule has 6 nitrogen and oxygen atoms in total. The first-order chi connectivity index (χ1) is 14.4. The molecule has 1 atom stereocenters. The van der Waals surface area contributed by atoms with Crippen molar-refractivity contribution in [3.63, 3.8) is 0 Å². The van der Waals surface area contributed by atoms with Crippen molar-refractivity contribution >= 4 is 15.9 Å². The van der Waals surface area contributed by atoms with Crippen LogP contribution in [0.1, 0.15) is 36.2 Å². The summed E-state index contributed by atoms with van der Waals surface area (Å²) in [6, 6.07) is 16.5. The van der Waals surface area contributed by atoms with Gasteiger partial charge in [0.05, 0.1) is 4.90 Å². The van der Waals surface area contributed by atoms with Crippen LogP contribution in [0.4, 0.5) is 0 Å². The Kier molecular flexibility index (Phi) is 7.64. The molecular weight excluding hydrogens is 398 g/mol. The Morgan fingerprint density at radius 3 is 2.23 bits per heavy atom. The number of piperazine rings is 1. The normalized spacial score (nSPS) is 16.4. The summed E-state index contributed by atoms with van der Waals surface area (Å²) < 4.78 is 27.4. The fraction of sp³-hybridized carbons (Fsp3) is 0.435. The lowest BCUT2D eigenvalue weighted by molar-refractivity contribution is 0.0638. The maximum absolute atomic E-state index is 12.8. The molecule has 162 valence electrons. The molecular formula is C23H31N3O3S. The van der Waals surface area contributed by atoms with Gasteiger partial charge in [0, 0.05) is 44.3 Å². The highest BCUT2D eigenvalue weighted by atomic mass is 32.2. The molecule has 30 heavy (non-hydrogen) atoms. The molecule has 7 heteroatoms. The van der Waals surface area contributed by atoms with E-state index in [2.05, 4.69) is 33.9 Å². The zero-order chi connectivity index (χ0) is 21.6. The van der Waals surface area contributed by atoms with Crippen LogP contribution in [0.5, 0.6) is 0 Å². The topological polar surface area (TPSA) is 69.7 Å². The molecule has 1 aliphatic heterocycles. The van der Waals surface area contributed by atoms with E-state index in [1.54, 1.807) is 12.1 Å². The van der Waals surface area contributed by atoms with E-state index in [0.717, 1.165) is 26.1 Å². The number of hydrogen-bond donors (Lipinski definition) is 1. The van der Waals surface area contributed by atoms with Crippen molar-refractivity contribution in [2.45, 2.75) is 37.6 Å². The molecule has 0 bridgehead atoms. The van der Waals surface area contributed by atoms with Crippen molar-refractivity contribution in [3.8, 4) is 0 Å². The Balaban J connectivity index is 1.52. The number of nitrogens with zero attached hydrogens (tertiary/aromatic N) is 2. The van der Waals surface area contributed by atoms with Crippen LogP contribution in [0, 0.1) is 0 Å². The Morgan fingerprint density at radius 1 is 1.00 bits per heavy atom. The van der Waals surface area contributed by atoms with Crippen molar-refractivity contribution in [3.05, 3.63) is 65.7 Å². The monoisotopic (exact) mass is 429 g/mol. The summed E-state index contributed by atoms with van der Waals surface area (Å²) in [5.74, 6) is -0.0449. The molecule has 1 heterocycles. The van der Waals surface area contributed by atoms with Gasteiger partial charge in [0.15, 0.2) is 0 Å². The molecule has 0 saturated carbocycles. The van der Waals surface area contributed by atoms with Gasteiger partial charge in [-0.1, -0.05) is 37.3 Å². The lowest BCUT2D eigenvalue weighted by atomic mass is 10.1. The van der Waals surface area contributed by atoms with Gasteiger partial charge in [0.1, 0.15) is 0 Å². The summed E-state index contributed by atoms with van der Waals surface area (Å²) in [6.45, 7) is 7.81. The molecule has 1 N–H and O–H groups in total. The first-order valence-electron chi connectivity index (χ1n) is 10.6. The number of carbonyl (C=O) groups is 1. The molecule has 1 saturated heterocycles. The zero-order valence-electron chi connectivity index (χ0n) is 17.8. The number of nitrogens with one attached hydrogen (secondary N) is 1. The first-order valence-corrected chi connectivity index (χ1v) is 12.1. The number of rotatable bonds is 8. The van der Waals surface area contributed by atoms with Crippen molar-refractivity contribution in [2.24, 2.45) is 0 Å². The second-order valence-electron chi connectivity index (χ2n) is 7.82. The third-order valence-corrected chi connectivity index (χ3v) is 7.20. The van der Waals surface area contributed by atoms with Crippen LogP contribution in [0.25, 0.3) is 0 Å². The highest BCUT2D eigenvalue weighted by Crippen LogP contribution is 2.15. The van der Waals surface area contributed by atoms with Gasteiger partial charge < -0.3 is 4.90 Å². The number of benzene rings is 2. The van der Waals surface area contributed by atoms with Crippen LogP contribution in [-0.4, -0.2) is 62.9 Å². The minimum absolute atomic E-state index is 0.0449. The van der Waals surface area contributed by atoms with Gasteiger partial charge in [-0.2, -0.15) is 0 Å². The molecule has 0 radical (unpaired) electrons. The molecule has 1 fully saturated rings. The Labute approximate surface area is 179 Å². The summed E-state index contributed by atoms with van der Waals surface area (Å²) in [7, 11) is -3.56. The predicted octanol–water partition coefficient (Wildman–Crippen LogP) is 2.76. The van der Waals surface area contributed by atoms with E-state index in [1.165, 1.54) is 17.7 Å². The number of hydrogen-bond acceptors (Lipinski definition) is 4. The van der Waals surface area contributed by atoms with Crippen LogP contribution in [-0.2, 0) is 16.4 Å². The van der Waals surface area contributed by atoms with Gasteiger partial charge in [0.25, 0.3) is 5.91 Å². The SMILES string of the molecule is CCC(C)NS(=O)(=O)c1ccc(C(=O)N2CCN(CCc3ccccc3)CC2)cc1. The molecule has 3 rings (SSSR count). The maximum Gasteiger partial charge on any atom is 0.253 e. The van der Waals surface area contributed by atoms with Gasteiger partial charge in [-0.05, 0) is 49.6 Å². The van der Waals surface area contributed by atoms with Crippen LogP contribution in [0.3, 0.4) is 0 Å². The Hall–Kier alpha value is -2.22. The van der Waals surface area contributed by atoms with Gasteiger partial charge in [0.2, 0.25) is 10.0 Å². The van der Waals surface area contributed by atoms with Crippen molar-refractivity contribution in [1.82, 2.24) is 14.5 Å². The van der Waals surface area contributed by atoms with Crippen molar-refractivity contribution in [1.29, 1.82) is 0 Å². The molecule has 1 unspecified atom stereocenters. The lowest BCUT2D eigenvalue weighted by Gasteiger charge is -2.34. The minimum Gasteiger partial charge on any atom is -0.336 e. The van der Waals surface area contributed by atoms with Crippen LogP contribution < -0.4 is 4.72 Å². The number of carbonyl (C=O) groups excluding carboxylic acids is 1. The minimum atomic E-state index is -3.56. The number of sulfonamides is 1. The van der Waals surface area contributed by atoms with Crippen LogP contribution in [0.2, 0.25) is 0 Å². The van der Waals surface area contributed by atoms with E-state index < -0.39 is 10.0 Å². The van der Waals surface area contributed by atoms with E-state index in [0.29, 0.717) is 25.1 Å². The highest BCUT2D eigenvalue weighted by Gasteiger charge is 2.23. The standard InChI is InChI=1S/C23H31N3O3S/c1-3-19(2)24-30(28,29)22-11-9-21(10-12-22)23(27)26-17-15-25(16-18-26)14-13-20-7-5-4-6-8-20/h4-12,19,24H,3,13-18H2,1-2H3. The summed E-state index contributed by atoms with van der Waals surface area (Å²) in [6.07, 6.45) is 1.72. The molecule has 0 aromatic heterocycles. The summed E-state index contributed by atoms with van der Waals surface area (Å²) in [4.78, 5) is 17.2. The summed E-state index contributed by atoms with van der Waals surface area (Å²) >= 11 is 0. The van der Waals surface area contributed by atoms with E-state index in [-0.39, 0.29) is 16.8 Å². The van der Waals surface area contributed by atoms with Crippen molar-refractivity contribution < 1.29 is 13.2 Å². The zero-order valence-corrected chi connectivity index (χ0v) is 18.6. The molecule has 0 aliphatic carbocycles. The first kappa shape index (κ1) is 22.5. The highest BCUT2D eigenvalue weighted by molar-refractivity contribution is 7.89. The van der Waals surface area contributed by atoms with E-state index >= 15 is 0 Å². The lowest BCUT2D eigenvalue weighted by Crippen LogP contribution is -2.49. The third kappa shape index (κ3) is 5.90. The summed E-state index contributed by atoms with van der Waals surface area (Å²) in [5.41, 5.74) is 1.85. The quantitative estimate of drug-likeness (QED) is 0.701. The molecule has 2 aromatic carbocycles. The Bertz CT molecular complexity index is 922. The summed E-state index contributed by atoms with van der Waals surface area (Å²) in [5, 5.41) is 0. The predicted molar refractivity (Wildman–Crippen MR) is 119 cm³/mol. The molecule has 0 spiro atoms. The van der Waals surface area contributed by atoms with E-state index in [9.17, 15) is 13.2 Å². The Morgan fingerprint density at radius 2 is 1.63 bits per heavy atom. The van der Waals surface area contributed by atoms with Gasteiger partial charge in [-0.15, -0.1) is 0 Å². The fourth-order valence-corrected chi connectivity index (χ4v) is 4.81. The van der Waals surface area contributed by atoms with E-state index in [1.807, 2.05) is 24.8 Å². The second kappa shape index (κ2) is 10.2. The van der Waals surface area contributed by atoms with Crippen molar-refractivity contribution in [2.75, 3.05) is 32.7 Å². The van der Waals surface area contributed by atoms with Gasteiger partial charge in [-0.25, -0.2) is 13.1 Å².